The average Bonchev–Trinajstić information content (AvgIpc) is 2.84. The third-order valence-corrected chi connectivity index (χ3v) is 11.4. The average molecular weight is 486 g/mol. The number of rotatable bonds is 6. The molecule has 0 aromatic heterocycles. The second-order valence-electron chi connectivity index (χ2n) is 10.3. The molecular weight excluding hydrogens is 450 g/mol. The van der Waals surface area contributed by atoms with Crippen LogP contribution in [0.2, 0.25) is 18.1 Å². The molecule has 4 rings (SSSR count). The first-order chi connectivity index (χ1) is 16.6. The van der Waals surface area contributed by atoms with Crippen molar-refractivity contribution in [1.29, 1.82) is 0 Å². The van der Waals surface area contributed by atoms with Gasteiger partial charge in [0.1, 0.15) is 5.75 Å². The number of nitrogens with two attached hydrogens (primary N) is 1. The Balaban J connectivity index is 2.17. The van der Waals surface area contributed by atoms with Crippen molar-refractivity contribution in [2.75, 3.05) is 20.0 Å². The van der Waals surface area contributed by atoms with Gasteiger partial charge in [-0.2, -0.15) is 0 Å². The van der Waals surface area contributed by atoms with E-state index in [4.69, 9.17) is 19.6 Å². The van der Waals surface area contributed by atoms with Crippen LogP contribution < -0.4 is 19.6 Å². The highest BCUT2D eigenvalue weighted by Crippen LogP contribution is 2.51. The number of hydrogen-bond acceptors (Lipinski definition) is 4. The molecule has 0 amide bonds. The van der Waals surface area contributed by atoms with Crippen molar-refractivity contribution in [3.63, 3.8) is 0 Å². The van der Waals surface area contributed by atoms with Gasteiger partial charge in [0.2, 0.25) is 0 Å². The van der Waals surface area contributed by atoms with Crippen LogP contribution in [-0.2, 0) is 0 Å². The Morgan fingerprint density at radius 1 is 0.686 bits per heavy atom. The van der Waals surface area contributed by atoms with Gasteiger partial charge < -0.3 is 19.6 Å². The van der Waals surface area contributed by atoms with Gasteiger partial charge in [0.25, 0.3) is 8.32 Å². The van der Waals surface area contributed by atoms with Crippen LogP contribution in [0, 0.1) is 0 Å². The predicted molar refractivity (Wildman–Crippen MR) is 150 cm³/mol. The van der Waals surface area contributed by atoms with E-state index >= 15 is 0 Å². The van der Waals surface area contributed by atoms with Crippen molar-refractivity contribution in [3.8, 4) is 39.5 Å². The van der Waals surface area contributed by atoms with Crippen molar-refractivity contribution >= 4 is 24.8 Å². The summed E-state index contributed by atoms with van der Waals surface area (Å²) in [6, 6.07) is 24.5. The minimum atomic E-state index is -2.20. The lowest BCUT2D eigenvalue weighted by atomic mass is 9.88. The van der Waals surface area contributed by atoms with E-state index in [0.29, 0.717) is 11.5 Å². The van der Waals surface area contributed by atoms with E-state index in [1.807, 2.05) is 42.5 Å². The first-order valence-corrected chi connectivity index (χ1v) is 14.8. The number of fused-ring (bicyclic) bond motifs is 1. The minimum absolute atomic E-state index is 0.0251. The van der Waals surface area contributed by atoms with E-state index in [2.05, 4.69) is 64.2 Å². The zero-order chi connectivity index (χ0) is 25.4. The van der Waals surface area contributed by atoms with Crippen molar-refractivity contribution in [1.82, 2.24) is 0 Å². The summed E-state index contributed by atoms with van der Waals surface area (Å²) in [7, 11) is 1.10. The lowest BCUT2D eigenvalue weighted by Crippen LogP contribution is -2.44. The fourth-order valence-corrected chi connectivity index (χ4v) is 5.15. The molecule has 182 valence electrons. The minimum Gasteiger partial charge on any atom is -0.543 e. The van der Waals surface area contributed by atoms with E-state index in [9.17, 15) is 0 Å². The summed E-state index contributed by atoms with van der Waals surface area (Å²) in [5, 5.41) is 2.03. The molecular formula is C30H35NO3Si. The highest BCUT2D eigenvalue weighted by atomic mass is 28.4. The molecule has 0 heterocycles. The Morgan fingerprint density at radius 2 is 1.29 bits per heavy atom. The highest BCUT2D eigenvalue weighted by Gasteiger charge is 2.40. The van der Waals surface area contributed by atoms with Gasteiger partial charge in [-0.1, -0.05) is 81.4 Å². The lowest BCUT2D eigenvalue weighted by Gasteiger charge is -2.38. The number of ether oxygens (including phenoxy) is 2. The van der Waals surface area contributed by atoms with E-state index < -0.39 is 8.32 Å². The summed E-state index contributed by atoms with van der Waals surface area (Å²) in [6.07, 6.45) is 0. The Kier molecular flexibility index (Phi) is 6.56. The first-order valence-electron chi connectivity index (χ1n) is 11.9. The van der Waals surface area contributed by atoms with E-state index in [0.717, 1.165) is 44.5 Å². The Morgan fingerprint density at radius 3 is 1.89 bits per heavy atom. The number of anilines is 1. The maximum Gasteiger partial charge on any atom is 0.250 e. The molecule has 0 saturated heterocycles. The summed E-state index contributed by atoms with van der Waals surface area (Å²) in [5.41, 5.74) is 11.6. The van der Waals surface area contributed by atoms with E-state index in [-0.39, 0.29) is 5.04 Å². The quantitative estimate of drug-likeness (QED) is 0.221. The SMILES string of the molecule is COc1ccc(-c2c(-c3ccccc3)c(N)c3ccccc3c2O[Si](C)(C)C(C)(C)C)cc1OC. The van der Waals surface area contributed by atoms with Crippen LogP contribution in [0.25, 0.3) is 33.0 Å². The standard InChI is InChI=1S/C30H35NO3Si/c1-30(2,3)35(6,7)34-29-23-16-12-11-15-22(23)28(31)26(20-13-9-8-10-14-20)27(29)21-17-18-24(32-4)25(19-21)33-5/h8-19H,31H2,1-7H3. The van der Waals surface area contributed by atoms with Gasteiger partial charge in [-0.05, 0) is 41.4 Å². The third-order valence-electron chi connectivity index (χ3n) is 7.11. The van der Waals surface area contributed by atoms with Gasteiger partial charge in [0, 0.05) is 27.6 Å². The van der Waals surface area contributed by atoms with Crippen molar-refractivity contribution in [3.05, 3.63) is 72.8 Å². The van der Waals surface area contributed by atoms with Gasteiger partial charge in [0.05, 0.1) is 14.2 Å². The van der Waals surface area contributed by atoms with Crippen LogP contribution >= 0.6 is 0 Å². The van der Waals surface area contributed by atoms with Crippen molar-refractivity contribution < 1.29 is 13.9 Å². The summed E-state index contributed by atoms with van der Waals surface area (Å²) in [6.45, 7) is 11.3. The smallest absolute Gasteiger partial charge is 0.250 e. The zero-order valence-electron chi connectivity index (χ0n) is 21.7. The second kappa shape index (κ2) is 9.31. The Hall–Kier alpha value is -3.44. The molecule has 0 aliphatic heterocycles. The van der Waals surface area contributed by atoms with Crippen LogP contribution in [-0.4, -0.2) is 22.5 Å². The van der Waals surface area contributed by atoms with Gasteiger partial charge in [-0.15, -0.1) is 0 Å². The van der Waals surface area contributed by atoms with E-state index in [1.54, 1.807) is 14.2 Å². The number of benzene rings is 4. The molecule has 4 nitrogen and oxygen atoms in total. The van der Waals surface area contributed by atoms with Crippen molar-refractivity contribution in [2.45, 2.75) is 38.9 Å². The topological polar surface area (TPSA) is 53.7 Å². The molecule has 0 aliphatic carbocycles. The number of methoxy groups -OCH3 is 2. The molecule has 0 bridgehead atoms. The van der Waals surface area contributed by atoms with Crippen LogP contribution in [0.15, 0.2) is 72.8 Å². The molecule has 4 aromatic carbocycles. The predicted octanol–water partition coefficient (Wildman–Crippen LogP) is 8.16. The van der Waals surface area contributed by atoms with Gasteiger partial charge in [-0.3, -0.25) is 0 Å². The molecule has 0 atom stereocenters. The van der Waals surface area contributed by atoms with Crippen LogP contribution in [0.4, 0.5) is 5.69 Å². The molecule has 35 heavy (non-hydrogen) atoms. The summed E-state index contributed by atoms with van der Waals surface area (Å²) >= 11 is 0. The fourth-order valence-electron chi connectivity index (χ4n) is 4.12. The second-order valence-corrected chi connectivity index (χ2v) is 15.1. The monoisotopic (exact) mass is 485 g/mol. The Bertz CT molecular complexity index is 1360. The zero-order valence-corrected chi connectivity index (χ0v) is 22.7. The van der Waals surface area contributed by atoms with Crippen LogP contribution in [0.3, 0.4) is 0 Å². The molecule has 4 aromatic rings. The van der Waals surface area contributed by atoms with Gasteiger partial charge in [0.15, 0.2) is 11.5 Å². The largest absolute Gasteiger partial charge is 0.543 e. The fraction of sp³-hybridized carbons (Fsp3) is 0.267. The van der Waals surface area contributed by atoms with Crippen LogP contribution in [0.1, 0.15) is 20.8 Å². The Labute approximate surface area is 209 Å². The van der Waals surface area contributed by atoms with Crippen molar-refractivity contribution in [2.24, 2.45) is 0 Å². The van der Waals surface area contributed by atoms with Gasteiger partial charge >= 0.3 is 0 Å². The molecule has 0 unspecified atom stereocenters. The maximum absolute atomic E-state index is 7.12. The molecule has 0 fully saturated rings. The molecule has 5 heteroatoms. The van der Waals surface area contributed by atoms with Crippen LogP contribution in [0.5, 0.6) is 17.2 Å². The number of hydrogen-bond donors (Lipinski definition) is 1. The maximum atomic E-state index is 7.12. The first kappa shape index (κ1) is 24.7. The molecule has 2 N–H and O–H groups in total. The van der Waals surface area contributed by atoms with Gasteiger partial charge in [-0.25, -0.2) is 0 Å². The summed E-state index contributed by atoms with van der Waals surface area (Å²) < 4.78 is 18.3. The third kappa shape index (κ3) is 4.48. The number of nitrogen functional groups attached to an aromatic ring is 1. The molecule has 0 saturated carbocycles. The molecule has 0 aliphatic rings. The summed E-state index contributed by atoms with van der Waals surface area (Å²) in [4.78, 5) is 0. The molecule has 0 spiro atoms. The lowest BCUT2D eigenvalue weighted by molar-refractivity contribution is 0.355. The van der Waals surface area contributed by atoms with E-state index in [1.165, 1.54) is 0 Å². The normalized spacial score (nSPS) is 12.0. The highest BCUT2D eigenvalue weighted by molar-refractivity contribution is 6.75. The summed E-state index contributed by atoms with van der Waals surface area (Å²) in [5.74, 6) is 2.21. The molecule has 0 radical (unpaired) electrons.